The van der Waals surface area contributed by atoms with Crippen molar-refractivity contribution in [2.45, 2.75) is 0 Å². The van der Waals surface area contributed by atoms with Gasteiger partial charge in [0, 0.05) is 55.4 Å². The minimum atomic E-state index is 0.845. The molecule has 0 aliphatic heterocycles. The van der Waals surface area contributed by atoms with Crippen molar-refractivity contribution >= 4 is 132 Å². The lowest BCUT2D eigenvalue weighted by Gasteiger charge is -2.29. The van der Waals surface area contributed by atoms with Gasteiger partial charge < -0.3 is 18.6 Å². The van der Waals surface area contributed by atoms with Crippen LogP contribution >= 0.6 is 0 Å². The van der Waals surface area contributed by atoms with Gasteiger partial charge in [-0.05, 0) is 137 Å². The Labute approximate surface area is 484 Å². The fourth-order valence-corrected chi connectivity index (χ4v) is 13.3. The van der Waals surface area contributed by atoms with Crippen LogP contribution in [0.2, 0.25) is 0 Å². The molecule has 4 nitrogen and oxygen atoms in total. The minimum Gasteiger partial charge on any atom is -0.456 e. The number of hydrogen-bond donors (Lipinski definition) is 0. The highest BCUT2D eigenvalue weighted by molar-refractivity contribution is 6.30. The van der Waals surface area contributed by atoms with Crippen LogP contribution in [-0.4, -0.2) is 0 Å². The topological polar surface area (TPSA) is 32.8 Å². The maximum absolute atomic E-state index is 7.10. The molecule has 0 unspecified atom stereocenters. The molecular formula is C80H50N2O2. The summed E-state index contributed by atoms with van der Waals surface area (Å²) in [5.74, 6) is 0. The molecule has 15 aromatic carbocycles. The Hall–Kier alpha value is -11.2. The zero-order valence-corrected chi connectivity index (χ0v) is 45.6. The van der Waals surface area contributed by atoms with E-state index in [1.807, 2.05) is 0 Å². The van der Waals surface area contributed by atoms with Gasteiger partial charge in [-0.3, -0.25) is 0 Å². The van der Waals surface area contributed by atoms with Crippen LogP contribution in [0.3, 0.4) is 0 Å². The summed E-state index contributed by atoms with van der Waals surface area (Å²) in [5, 5.41) is 16.1. The number of nitrogens with zero attached hydrogens (tertiary/aromatic N) is 2. The summed E-state index contributed by atoms with van der Waals surface area (Å²) in [5.41, 5.74) is 16.5. The van der Waals surface area contributed by atoms with Crippen molar-refractivity contribution in [2.24, 2.45) is 0 Å². The molecule has 0 radical (unpaired) electrons. The molecule has 17 rings (SSSR count). The zero-order chi connectivity index (χ0) is 55.2. The molecule has 0 spiro atoms. The number of benzene rings is 15. The van der Waals surface area contributed by atoms with E-state index in [2.05, 4.69) is 313 Å². The van der Waals surface area contributed by atoms with E-state index in [0.717, 1.165) is 133 Å². The first kappa shape index (κ1) is 47.6. The fourth-order valence-electron chi connectivity index (χ4n) is 13.3. The minimum absolute atomic E-state index is 0.845. The predicted molar refractivity (Wildman–Crippen MR) is 354 cm³/mol. The van der Waals surface area contributed by atoms with Crippen molar-refractivity contribution in [3.05, 3.63) is 303 Å². The third-order valence-corrected chi connectivity index (χ3v) is 17.2. The van der Waals surface area contributed by atoms with Crippen LogP contribution in [0.15, 0.2) is 312 Å². The van der Waals surface area contributed by atoms with E-state index in [-0.39, 0.29) is 0 Å². The maximum Gasteiger partial charge on any atom is 0.160 e. The van der Waals surface area contributed by atoms with Crippen LogP contribution in [0, 0.1) is 0 Å². The summed E-state index contributed by atoms with van der Waals surface area (Å²) >= 11 is 0. The predicted octanol–water partition coefficient (Wildman–Crippen LogP) is 23.2. The molecule has 392 valence electrons. The average molecular weight is 1070 g/mol. The highest BCUT2D eigenvalue weighted by atomic mass is 16.3. The van der Waals surface area contributed by atoms with Crippen LogP contribution in [0.1, 0.15) is 0 Å². The first-order valence-electron chi connectivity index (χ1n) is 28.7. The lowest BCUT2D eigenvalue weighted by molar-refractivity contribution is 0.669. The van der Waals surface area contributed by atoms with Crippen LogP contribution in [0.4, 0.5) is 34.1 Å². The zero-order valence-electron chi connectivity index (χ0n) is 45.6. The van der Waals surface area contributed by atoms with Crippen molar-refractivity contribution in [3.8, 4) is 33.4 Å². The number of rotatable bonds is 9. The quantitative estimate of drug-likeness (QED) is 0.144. The van der Waals surface area contributed by atoms with E-state index in [9.17, 15) is 0 Å². The molecule has 84 heavy (non-hydrogen) atoms. The molecule has 0 atom stereocenters. The third kappa shape index (κ3) is 7.62. The van der Waals surface area contributed by atoms with E-state index >= 15 is 0 Å². The SMILES string of the molecule is c1ccc(-c2ccc(N(c3ccc(-c4ccc(N(c5ccc(-c6ccccc6)cc5)c5cc6ccccc6c6c5oc5ccc7ccccc7c56)cc4)c4ccccc34)c3cc4oc5ccc6ccccc6c5c4c4ccccc34)cc2)cc1. The summed E-state index contributed by atoms with van der Waals surface area (Å²) in [6.45, 7) is 0. The number of hydrogen-bond acceptors (Lipinski definition) is 4. The summed E-state index contributed by atoms with van der Waals surface area (Å²) in [4.78, 5) is 4.80. The molecule has 17 aromatic rings. The lowest BCUT2D eigenvalue weighted by atomic mass is 9.95. The van der Waals surface area contributed by atoms with Gasteiger partial charge in [-0.2, -0.15) is 0 Å². The maximum atomic E-state index is 7.10. The molecule has 0 fully saturated rings. The summed E-state index contributed by atoms with van der Waals surface area (Å²) in [6.07, 6.45) is 0. The molecule has 0 N–H and O–H groups in total. The van der Waals surface area contributed by atoms with Gasteiger partial charge in [0.15, 0.2) is 5.58 Å². The third-order valence-electron chi connectivity index (χ3n) is 17.2. The Bertz CT molecular complexity index is 5410. The van der Waals surface area contributed by atoms with Gasteiger partial charge in [-0.15, -0.1) is 0 Å². The van der Waals surface area contributed by atoms with Gasteiger partial charge >= 0.3 is 0 Å². The smallest absolute Gasteiger partial charge is 0.160 e. The van der Waals surface area contributed by atoms with Crippen molar-refractivity contribution in [3.63, 3.8) is 0 Å². The molecule has 2 aromatic heterocycles. The van der Waals surface area contributed by atoms with Crippen LogP contribution < -0.4 is 9.80 Å². The second-order valence-corrected chi connectivity index (χ2v) is 21.9. The van der Waals surface area contributed by atoms with Gasteiger partial charge in [0.2, 0.25) is 0 Å². The Balaban J connectivity index is 0.839. The molecular weight excluding hydrogens is 1020 g/mol. The largest absolute Gasteiger partial charge is 0.456 e. The number of anilines is 6. The molecule has 0 bridgehead atoms. The van der Waals surface area contributed by atoms with Crippen molar-refractivity contribution < 1.29 is 8.83 Å². The normalized spacial score (nSPS) is 11.8. The Morgan fingerprint density at radius 1 is 0.214 bits per heavy atom. The molecule has 0 amide bonds. The Morgan fingerprint density at radius 3 is 1.21 bits per heavy atom. The average Bonchev–Trinajstić information content (AvgIpc) is 1.82. The van der Waals surface area contributed by atoms with Gasteiger partial charge in [0.25, 0.3) is 0 Å². The van der Waals surface area contributed by atoms with Gasteiger partial charge in [0.1, 0.15) is 16.7 Å². The molecule has 4 heteroatoms. The summed E-state index contributed by atoms with van der Waals surface area (Å²) in [7, 11) is 0. The highest BCUT2D eigenvalue weighted by Gasteiger charge is 2.26. The second kappa shape index (κ2) is 19.2. The molecule has 0 saturated carbocycles. The van der Waals surface area contributed by atoms with E-state index in [0.29, 0.717) is 0 Å². The fraction of sp³-hybridized carbons (Fsp3) is 0. The summed E-state index contributed by atoms with van der Waals surface area (Å²) in [6, 6.07) is 110. The second-order valence-electron chi connectivity index (χ2n) is 21.9. The van der Waals surface area contributed by atoms with Gasteiger partial charge in [0.05, 0.1) is 17.1 Å². The van der Waals surface area contributed by atoms with Crippen LogP contribution in [-0.2, 0) is 0 Å². The molecule has 0 aliphatic rings. The van der Waals surface area contributed by atoms with Crippen molar-refractivity contribution in [2.75, 3.05) is 9.80 Å². The van der Waals surface area contributed by atoms with Crippen molar-refractivity contribution in [1.29, 1.82) is 0 Å². The monoisotopic (exact) mass is 1070 g/mol. The van der Waals surface area contributed by atoms with Crippen LogP contribution in [0.5, 0.6) is 0 Å². The highest BCUT2D eigenvalue weighted by Crippen LogP contribution is 2.51. The van der Waals surface area contributed by atoms with E-state index in [1.165, 1.54) is 32.7 Å². The van der Waals surface area contributed by atoms with Crippen molar-refractivity contribution in [1.82, 2.24) is 0 Å². The van der Waals surface area contributed by atoms with Crippen LogP contribution in [0.25, 0.3) is 131 Å². The Kier molecular flexibility index (Phi) is 10.9. The molecule has 0 aliphatic carbocycles. The number of fused-ring (bicyclic) bond motifs is 15. The van der Waals surface area contributed by atoms with E-state index in [1.54, 1.807) is 0 Å². The molecule has 2 heterocycles. The molecule has 0 saturated heterocycles. The first-order chi connectivity index (χ1) is 41.7. The lowest BCUT2D eigenvalue weighted by Crippen LogP contribution is -2.11. The summed E-state index contributed by atoms with van der Waals surface area (Å²) < 4.78 is 14.0. The van der Waals surface area contributed by atoms with E-state index < -0.39 is 0 Å². The first-order valence-corrected chi connectivity index (χ1v) is 28.7. The van der Waals surface area contributed by atoms with Gasteiger partial charge in [-0.1, -0.05) is 237 Å². The number of furan rings is 2. The van der Waals surface area contributed by atoms with E-state index in [4.69, 9.17) is 8.83 Å². The Morgan fingerprint density at radius 2 is 0.631 bits per heavy atom. The standard InChI is InChI=1S/C80H50N2O2/c1-3-17-51(18-4-1)53-31-39-59(40-32-53)81(72-49-58-23-9-12-26-65(58)79-77-64-25-11-8-22-56(64)38-48-74(77)84-80(72)79)60-43-35-57(36-44-60)62-45-46-70(67-28-14-13-27-66(62)67)82(61-41-33-54(34-42-61)52-19-5-2-6-20-52)71-50-75-78(69-30-16-15-29-68(69)71)76-63-24-10-7-21-55(63)37-47-73(76)83-75/h1-50H. The van der Waals surface area contributed by atoms with Gasteiger partial charge in [-0.25, -0.2) is 0 Å².